The summed E-state index contributed by atoms with van der Waals surface area (Å²) >= 11 is 3.31. The molecule has 9 heteroatoms. The summed E-state index contributed by atoms with van der Waals surface area (Å²) in [7, 11) is 2.88. The van der Waals surface area contributed by atoms with Crippen LogP contribution < -0.4 is 19.6 Å². The zero-order valence-corrected chi connectivity index (χ0v) is 18.7. The smallest absolute Gasteiger partial charge is 0.343 e. The molecular weight excluding hydrogens is 483 g/mol. The number of amides is 1. The predicted molar refractivity (Wildman–Crippen MR) is 120 cm³/mol. The highest BCUT2D eigenvalue weighted by Crippen LogP contribution is 2.28. The molecule has 1 N–H and O–H groups in total. The molecular formula is C23H18BrFN2O5. The standard InChI is InChI=1S/C23H18BrFN2O5/c1-30-19-9-7-16(24)12-18(19)22(28)27-26-13-14-6-8-20(21(10-14)31-2)32-23(29)15-4-3-5-17(25)11-15/h3-13H,1-2H3,(H,27,28)/b26-13+. The Kier molecular flexibility index (Phi) is 7.56. The van der Waals surface area contributed by atoms with Crippen LogP contribution >= 0.6 is 15.9 Å². The van der Waals surface area contributed by atoms with Crippen LogP contribution in [-0.2, 0) is 0 Å². The topological polar surface area (TPSA) is 86.2 Å². The monoisotopic (exact) mass is 500 g/mol. The normalized spacial score (nSPS) is 10.6. The zero-order chi connectivity index (χ0) is 23.1. The first-order valence-electron chi connectivity index (χ1n) is 9.24. The van der Waals surface area contributed by atoms with E-state index in [-0.39, 0.29) is 17.1 Å². The Bertz CT molecular complexity index is 1180. The van der Waals surface area contributed by atoms with Crippen molar-refractivity contribution in [3.8, 4) is 17.2 Å². The molecule has 0 aromatic heterocycles. The van der Waals surface area contributed by atoms with E-state index in [1.807, 2.05) is 0 Å². The number of nitrogens with zero attached hydrogens (tertiary/aromatic N) is 1. The van der Waals surface area contributed by atoms with Crippen molar-refractivity contribution in [2.75, 3.05) is 14.2 Å². The van der Waals surface area contributed by atoms with E-state index >= 15 is 0 Å². The number of methoxy groups -OCH3 is 2. The second-order valence-electron chi connectivity index (χ2n) is 6.35. The van der Waals surface area contributed by atoms with Gasteiger partial charge in [-0.2, -0.15) is 5.10 Å². The molecule has 3 aromatic rings. The van der Waals surface area contributed by atoms with Gasteiger partial charge in [-0.15, -0.1) is 0 Å². The number of carbonyl (C=O) groups is 2. The van der Waals surface area contributed by atoms with Gasteiger partial charge in [0.1, 0.15) is 11.6 Å². The molecule has 0 atom stereocenters. The third-order valence-corrected chi connectivity index (χ3v) is 4.73. The third kappa shape index (κ3) is 5.70. The summed E-state index contributed by atoms with van der Waals surface area (Å²) in [6, 6.07) is 14.9. The molecule has 7 nitrogen and oxygen atoms in total. The van der Waals surface area contributed by atoms with Gasteiger partial charge in [0.25, 0.3) is 5.91 Å². The van der Waals surface area contributed by atoms with Crippen LogP contribution in [0.2, 0.25) is 0 Å². The Labute approximate surface area is 191 Å². The number of ether oxygens (including phenoxy) is 3. The Morgan fingerprint density at radius 3 is 2.44 bits per heavy atom. The van der Waals surface area contributed by atoms with Crippen molar-refractivity contribution in [3.05, 3.63) is 87.6 Å². The average Bonchev–Trinajstić information content (AvgIpc) is 2.79. The van der Waals surface area contributed by atoms with Crippen LogP contribution in [0.15, 0.2) is 70.2 Å². The van der Waals surface area contributed by atoms with E-state index in [0.29, 0.717) is 16.9 Å². The van der Waals surface area contributed by atoms with Gasteiger partial charge >= 0.3 is 5.97 Å². The molecule has 0 bridgehead atoms. The van der Waals surface area contributed by atoms with E-state index in [2.05, 4.69) is 26.5 Å². The molecule has 0 unspecified atom stereocenters. The van der Waals surface area contributed by atoms with Crippen molar-refractivity contribution >= 4 is 34.0 Å². The minimum absolute atomic E-state index is 0.0726. The van der Waals surface area contributed by atoms with Gasteiger partial charge in [0.15, 0.2) is 11.5 Å². The van der Waals surface area contributed by atoms with Crippen LogP contribution in [0.25, 0.3) is 0 Å². The van der Waals surface area contributed by atoms with Crippen molar-refractivity contribution < 1.29 is 28.2 Å². The van der Waals surface area contributed by atoms with E-state index in [4.69, 9.17) is 14.2 Å². The van der Waals surface area contributed by atoms with Crippen LogP contribution in [0.3, 0.4) is 0 Å². The SMILES string of the molecule is COc1cc(/C=N/NC(=O)c2cc(Br)ccc2OC)ccc1OC(=O)c1cccc(F)c1. The maximum atomic E-state index is 13.3. The summed E-state index contributed by atoms with van der Waals surface area (Å²) in [6.07, 6.45) is 1.41. The largest absolute Gasteiger partial charge is 0.496 e. The van der Waals surface area contributed by atoms with Gasteiger partial charge in [-0.1, -0.05) is 22.0 Å². The molecule has 0 aliphatic rings. The Balaban J connectivity index is 1.70. The van der Waals surface area contributed by atoms with Crippen LogP contribution in [0.1, 0.15) is 26.3 Å². The minimum Gasteiger partial charge on any atom is -0.496 e. The lowest BCUT2D eigenvalue weighted by Gasteiger charge is -2.10. The number of halogens is 2. The number of carbonyl (C=O) groups excluding carboxylic acids is 2. The summed E-state index contributed by atoms with van der Waals surface area (Å²) in [5, 5.41) is 3.95. The molecule has 0 radical (unpaired) electrons. The molecule has 0 heterocycles. The second-order valence-corrected chi connectivity index (χ2v) is 7.27. The first kappa shape index (κ1) is 23.0. The fourth-order valence-electron chi connectivity index (χ4n) is 2.71. The molecule has 3 aromatic carbocycles. The summed E-state index contributed by atoms with van der Waals surface area (Å²) in [5.74, 6) is -0.889. The number of hydrogen-bond donors (Lipinski definition) is 1. The molecule has 0 spiro atoms. The van der Waals surface area contributed by atoms with Gasteiger partial charge in [-0.05, 0) is 60.2 Å². The van der Waals surface area contributed by atoms with E-state index in [0.717, 1.165) is 10.5 Å². The van der Waals surface area contributed by atoms with Crippen LogP contribution in [0, 0.1) is 5.82 Å². The highest BCUT2D eigenvalue weighted by Gasteiger charge is 2.14. The fourth-order valence-corrected chi connectivity index (χ4v) is 3.07. The van der Waals surface area contributed by atoms with E-state index < -0.39 is 17.7 Å². The van der Waals surface area contributed by atoms with Crippen molar-refractivity contribution in [1.82, 2.24) is 5.43 Å². The number of benzene rings is 3. The van der Waals surface area contributed by atoms with Crippen LogP contribution in [0.5, 0.6) is 17.2 Å². The molecule has 0 saturated heterocycles. The van der Waals surface area contributed by atoms with E-state index in [1.165, 1.54) is 44.7 Å². The van der Waals surface area contributed by atoms with Crippen LogP contribution in [-0.4, -0.2) is 32.3 Å². The fraction of sp³-hybridized carbons (Fsp3) is 0.0870. The summed E-state index contributed by atoms with van der Waals surface area (Å²) in [5.41, 5.74) is 3.39. The summed E-state index contributed by atoms with van der Waals surface area (Å²) < 4.78 is 29.8. The number of hydrogen-bond acceptors (Lipinski definition) is 6. The van der Waals surface area contributed by atoms with Gasteiger partial charge in [0.05, 0.1) is 31.6 Å². The Morgan fingerprint density at radius 2 is 1.72 bits per heavy atom. The quantitative estimate of drug-likeness (QED) is 0.222. The van der Waals surface area contributed by atoms with Gasteiger partial charge < -0.3 is 14.2 Å². The van der Waals surface area contributed by atoms with Crippen molar-refractivity contribution in [1.29, 1.82) is 0 Å². The van der Waals surface area contributed by atoms with E-state index in [9.17, 15) is 14.0 Å². The molecule has 32 heavy (non-hydrogen) atoms. The molecule has 3 rings (SSSR count). The lowest BCUT2D eigenvalue weighted by molar-refractivity contribution is 0.0729. The molecule has 0 aliphatic carbocycles. The zero-order valence-electron chi connectivity index (χ0n) is 17.1. The minimum atomic E-state index is -0.723. The molecule has 0 fully saturated rings. The molecule has 0 aliphatic heterocycles. The average molecular weight is 501 g/mol. The first-order valence-corrected chi connectivity index (χ1v) is 10.0. The summed E-state index contributed by atoms with van der Waals surface area (Å²) in [6.45, 7) is 0. The first-order chi connectivity index (χ1) is 15.4. The Hall–Kier alpha value is -3.72. The van der Waals surface area contributed by atoms with Crippen molar-refractivity contribution in [3.63, 3.8) is 0 Å². The third-order valence-electron chi connectivity index (χ3n) is 4.24. The molecule has 1 amide bonds. The second kappa shape index (κ2) is 10.5. The molecule has 0 saturated carbocycles. The number of esters is 1. The highest BCUT2D eigenvalue weighted by molar-refractivity contribution is 9.10. The summed E-state index contributed by atoms with van der Waals surface area (Å²) in [4.78, 5) is 24.6. The van der Waals surface area contributed by atoms with Crippen LogP contribution in [0.4, 0.5) is 4.39 Å². The van der Waals surface area contributed by atoms with E-state index in [1.54, 1.807) is 30.3 Å². The van der Waals surface area contributed by atoms with Crippen molar-refractivity contribution in [2.45, 2.75) is 0 Å². The lowest BCUT2D eigenvalue weighted by atomic mass is 10.2. The van der Waals surface area contributed by atoms with Crippen molar-refractivity contribution in [2.24, 2.45) is 5.10 Å². The maximum absolute atomic E-state index is 13.3. The van der Waals surface area contributed by atoms with Gasteiger partial charge in [0, 0.05) is 4.47 Å². The molecule has 164 valence electrons. The van der Waals surface area contributed by atoms with Gasteiger partial charge in [0.2, 0.25) is 0 Å². The number of nitrogens with one attached hydrogen (secondary N) is 1. The number of rotatable bonds is 7. The lowest BCUT2D eigenvalue weighted by Crippen LogP contribution is -2.18. The number of hydrazone groups is 1. The van der Waals surface area contributed by atoms with Gasteiger partial charge in [-0.25, -0.2) is 14.6 Å². The van der Waals surface area contributed by atoms with Gasteiger partial charge in [-0.3, -0.25) is 4.79 Å². The predicted octanol–water partition coefficient (Wildman–Crippen LogP) is 4.59. The maximum Gasteiger partial charge on any atom is 0.343 e. The highest BCUT2D eigenvalue weighted by atomic mass is 79.9. The Morgan fingerprint density at radius 1 is 0.969 bits per heavy atom.